The average molecular weight is 164 g/mol. The van der Waals surface area contributed by atoms with Gasteiger partial charge in [0, 0.05) is 6.16 Å². The highest BCUT2D eigenvalue weighted by molar-refractivity contribution is 7.63. The van der Waals surface area contributed by atoms with Gasteiger partial charge in [0.15, 0.2) is 0 Å². The Balaban J connectivity index is 3.94. The molecule has 4 heteroatoms. The summed E-state index contributed by atoms with van der Waals surface area (Å²) in [5.74, 6) is 0. The smallest absolute Gasteiger partial charge is 0.139 e. The lowest BCUT2D eigenvalue weighted by atomic mass is 10.6. The molecule has 0 aliphatic heterocycles. The molecule has 0 fully saturated rings. The largest absolute Gasteiger partial charge is 0.389 e. The van der Waals surface area contributed by atoms with Crippen LogP contribution >= 0.6 is 7.14 Å². The van der Waals surface area contributed by atoms with Gasteiger partial charge in [0.05, 0.1) is 12.7 Å². The zero-order valence-corrected chi connectivity index (χ0v) is 6.92. The Kier molecular flexibility index (Phi) is 4.62. The summed E-state index contributed by atoms with van der Waals surface area (Å²) in [7, 11) is -2.67. The van der Waals surface area contributed by atoms with Crippen molar-refractivity contribution in [2.45, 2.75) is 6.92 Å². The molecule has 0 bridgehead atoms. The van der Waals surface area contributed by atoms with Crippen molar-refractivity contribution in [2.75, 3.05) is 18.9 Å². The third-order valence-electron chi connectivity index (χ3n) is 1.19. The van der Waals surface area contributed by atoms with Crippen LogP contribution in [0.3, 0.4) is 0 Å². The van der Waals surface area contributed by atoms with Crippen LogP contribution in [-0.2, 0) is 4.57 Å². The van der Waals surface area contributed by atoms with E-state index in [1.54, 1.807) is 19.1 Å². The van der Waals surface area contributed by atoms with Crippen molar-refractivity contribution in [1.82, 2.24) is 0 Å². The second-order valence-electron chi connectivity index (χ2n) is 2.09. The highest BCUT2D eigenvalue weighted by Gasteiger charge is 2.16. The van der Waals surface area contributed by atoms with Crippen LogP contribution < -0.4 is 0 Å². The van der Waals surface area contributed by atoms with Crippen LogP contribution in [0.2, 0.25) is 0 Å². The van der Waals surface area contributed by atoms with E-state index in [1.807, 2.05) is 0 Å². The number of aliphatic hydroxyl groups excluding tert-OH is 2. The lowest BCUT2D eigenvalue weighted by Crippen LogP contribution is -1.96. The molecule has 0 aromatic heterocycles. The quantitative estimate of drug-likeness (QED) is 0.477. The lowest BCUT2D eigenvalue weighted by molar-refractivity contribution is 0.325. The number of hydrogen-bond donors (Lipinski definition) is 2. The maximum atomic E-state index is 11.2. The summed E-state index contributed by atoms with van der Waals surface area (Å²) in [4.78, 5) is 0. The molecule has 0 heterocycles. The van der Waals surface area contributed by atoms with Gasteiger partial charge in [-0.1, -0.05) is 12.2 Å². The zero-order chi connectivity index (χ0) is 8.04. The van der Waals surface area contributed by atoms with E-state index in [2.05, 4.69) is 0 Å². The Morgan fingerprint density at radius 1 is 1.40 bits per heavy atom. The molecule has 0 saturated carbocycles. The summed E-state index contributed by atoms with van der Waals surface area (Å²) in [6, 6.07) is 0. The fourth-order valence-corrected chi connectivity index (χ4v) is 1.37. The molecule has 0 atom stereocenters. The maximum Gasteiger partial charge on any atom is 0.139 e. The van der Waals surface area contributed by atoms with Gasteiger partial charge in [-0.2, -0.15) is 0 Å². The molecule has 0 radical (unpaired) electrons. The topological polar surface area (TPSA) is 57.5 Å². The van der Waals surface area contributed by atoms with Gasteiger partial charge in [-0.05, 0) is 6.92 Å². The summed E-state index contributed by atoms with van der Waals surface area (Å²) < 4.78 is 11.2. The maximum absolute atomic E-state index is 11.2. The third kappa shape index (κ3) is 3.16. The fourth-order valence-electron chi connectivity index (χ4n) is 0.458. The Hall–Kier alpha value is -0.110. The molecule has 0 unspecified atom stereocenters. The van der Waals surface area contributed by atoms with Crippen molar-refractivity contribution < 1.29 is 14.8 Å². The van der Waals surface area contributed by atoms with Crippen molar-refractivity contribution in [1.29, 1.82) is 0 Å². The molecule has 10 heavy (non-hydrogen) atoms. The number of rotatable bonds is 4. The number of allylic oxidation sites excluding steroid dienone is 2. The SMILES string of the molecule is CC=CCP(=O)(CO)CO. The van der Waals surface area contributed by atoms with Gasteiger partial charge < -0.3 is 14.8 Å². The first kappa shape index (κ1) is 9.89. The minimum atomic E-state index is -2.67. The molecule has 0 spiro atoms. The molecule has 60 valence electrons. The highest BCUT2D eigenvalue weighted by Crippen LogP contribution is 2.42. The van der Waals surface area contributed by atoms with Crippen LogP contribution in [0.1, 0.15) is 6.92 Å². The molecular formula is C6H13O3P. The van der Waals surface area contributed by atoms with E-state index in [9.17, 15) is 4.57 Å². The Morgan fingerprint density at radius 3 is 2.20 bits per heavy atom. The van der Waals surface area contributed by atoms with E-state index in [0.29, 0.717) is 0 Å². The van der Waals surface area contributed by atoms with E-state index in [-0.39, 0.29) is 6.16 Å². The number of aliphatic hydroxyl groups is 2. The zero-order valence-electron chi connectivity index (χ0n) is 6.03. The van der Waals surface area contributed by atoms with Crippen molar-refractivity contribution >= 4 is 7.14 Å². The Labute approximate surface area is 60.8 Å². The monoisotopic (exact) mass is 164 g/mol. The summed E-state index contributed by atoms with van der Waals surface area (Å²) in [6.07, 6.45) is 2.91. The van der Waals surface area contributed by atoms with Gasteiger partial charge in [0.25, 0.3) is 0 Å². The average Bonchev–Trinajstić information content (AvgIpc) is 2.00. The normalized spacial score (nSPS) is 12.7. The Morgan fingerprint density at radius 2 is 1.90 bits per heavy atom. The predicted molar refractivity (Wildman–Crippen MR) is 41.5 cm³/mol. The van der Waals surface area contributed by atoms with Gasteiger partial charge in [-0.3, -0.25) is 0 Å². The summed E-state index contributed by atoms with van der Waals surface area (Å²) in [6.45, 7) is 1.80. The van der Waals surface area contributed by atoms with Gasteiger partial charge in [-0.15, -0.1) is 0 Å². The first-order valence-corrected chi connectivity index (χ1v) is 5.35. The molecule has 0 aliphatic rings. The fraction of sp³-hybridized carbons (Fsp3) is 0.667. The molecular weight excluding hydrogens is 151 g/mol. The van der Waals surface area contributed by atoms with Crippen molar-refractivity contribution in [3.63, 3.8) is 0 Å². The van der Waals surface area contributed by atoms with E-state index >= 15 is 0 Å². The summed E-state index contributed by atoms with van der Waals surface area (Å²) in [5.41, 5.74) is 0. The van der Waals surface area contributed by atoms with Crippen LogP contribution in [0.25, 0.3) is 0 Å². The molecule has 0 saturated heterocycles. The third-order valence-corrected chi connectivity index (χ3v) is 3.10. The van der Waals surface area contributed by atoms with Gasteiger partial charge in [0.1, 0.15) is 7.14 Å². The second kappa shape index (κ2) is 4.67. The first-order chi connectivity index (χ1) is 4.68. The number of hydrogen-bond acceptors (Lipinski definition) is 3. The van der Waals surface area contributed by atoms with Crippen molar-refractivity contribution in [2.24, 2.45) is 0 Å². The molecule has 0 aromatic rings. The predicted octanol–water partition coefficient (Wildman–Crippen LogP) is 0.825. The minimum absolute atomic E-state index is 0.288. The van der Waals surface area contributed by atoms with Gasteiger partial charge in [-0.25, -0.2) is 0 Å². The standard InChI is InChI=1S/C6H13O3P/c1-2-3-4-10(9,5-7)6-8/h2-3,7-8H,4-6H2,1H3. The first-order valence-electron chi connectivity index (χ1n) is 3.08. The van der Waals surface area contributed by atoms with Gasteiger partial charge in [0.2, 0.25) is 0 Å². The summed E-state index contributed by atoms with van der Waals surface area (Å²) >= 11 is 0. The van der Waals surface area contributed by atoms with Crippen molar-refractivity contribution in [3.8, 4) is 0 Å². The van der Waals surface area contributed by atoms with Crippen LogP contribution in [0.15, 0.2) is 12.2 Å². The van der Waals surface area contributed by atoms with Crippen LogP contribution in [0.5, 0.6) is 0 Å². The van der Waals surface area contributed by atoms with E-state index in [4.69, 9.17) is 10.2 Å². The molecule has 0 aliphatic carbocycles. The molecule has 3 nitrogen and oxygen atoms in total. The lowest BCUT2D eigenvalue weighted by Gasteiger charge is -2.08. The minimum Gasteiger partial charge on any atom is -0.389 e. The van der Waals surface area contributed by atoms with E-state index in [1.165, 1.54) is 0 Å². The van der Waals surface area contributed by atoms with Crippen LogP contribution in [0, 0.1) is 0 Å². The molecule has 2 N–H and O–H groups in total. The second-order valence-corrected chi connectivity index (χ2v) is 5.14. The Bertz CT molecular complexity index is 145. The van der Waals surface area contributed by atoms with E-state index in [0.717, 1.165) is 0 Å². The molecule has 0 aromatic carbocycles. The highest BCUT2D eigenvalue weighted by atomic mass is 31.2. The van der Waals surface area contributed by atoms with Gasteiger partial charge >= 0.3 is 0 Å². The van der Waals surface area contributed by atoms with Crippen LogP contribution in [-0.4, -0.2) is 29.1 Å². The molecule has 0 rings (SSSR count). The van der Waals surface area contributed by atoms with Crippen LogP contribution in [0.4, 0.5) is 0 Å². The van der Waals surface area contributed by atoms with E-state index < -0.39 is 19.8 Å². The summed E-state index contributed by atoms with van der Waals surface area (Å²) in [5, 5.41) is 17.1. The van der Waals surface area contributed by atoms with Crippen molar-refractivity contribution in [3.05, 3.63) is 12.2 Å². The molecule has 0 amide bonds.